The molecule has 0 aliphatic heterocycles. The Bertz CT molecular complexity index is 1230. The third-order valence-corrected chi connectivity index (χ3v) is 6.75. The van der Waals surface area contributed by atoms with E-state index in [1.165, 1.54) is 10.9 Å². The summed E-state index contributed by atoms with van der Waals surface area (Å²) in [7, 11) is 0. The van der Waals surface area contributed by atoms with Crippen molar-refractivity contribution in [3.05, 3.63) is 48.0 Å². The molecule has 1 aliphatic carbocycles. The van der Waals surface area contributed by atoms with Crippen LogP contribution >= 0.6 is 0 Å². The summed E-state index contributed by atoms with van der Waals surface area (Å²) in [5.74, 6) is 0.337. The molecule has 2 aromatic heterocycles. The van der Waals surface area contributed by atoms with E-state index < -0.39 is 12.7 Å². The summed E-state index contributed by atoms with van der Waals surface area (Å²) >= 11 is 0. The fourth-order valence-corrected chi connectivity index (χ4v) is 4.21. The van der Waals surface area contributed by atoms with Gasteiger partial charge in [-0.2, -0.15) is 5.10 Å². The number of aliphatic hydroxyl groups excluding tert-OH is 2. The van der Waals surface area contributed by atoms with Crippen molar-refractivity contribution >= 4 is 11.8 Å². The van der Waals surface area contributed by atoms with Crippen molar-refractivity contribution < 1.29 is 24.2 Å². The maximum atomic E-state index is 13.0. The minimum atomic E-state index is -1.05. The summed E-state index contributed by atoms with van der Waals surface area (Å²) in [5, 5.41) is 29.8. The number of oxazole rings is 1. The Hall–Kier alpha value is -3.50. The van der Waals surface area contributed by atoms with Gasteiger partial charge in [-0.05, 0) is 56.7 Å². The van der Waals surface area contributed by atoms with Crippen LogP contribution in [0.4, 0.5) is 0 Å². The minimum absolute atomic E-state index is 0.0223. The highest BCUT2D eigenvalue weighted by atomic mass is 16.4. The lowest BCUT2D eigenvalue weighted by molar-refractivity contribution is 0.0755. The van der Waals surface area contributed by atoms with E-state index in [4.69, 9.17) is 4.42 Å². The lowest BCUT2D eigenvalue weighted by Crippen LogP contribution is -2.36. The number of amides is 2. The van der Waals surface area contributed by atoms with Crippen molar-refractivity contribution in [2.24, 2.45) is 5.92 Å². The molecule has 10 heteroatoms. The van der Waals surface area contributed by atoms with Crippen LogP contribution in [-0.4, -0.2) is 61.6 Å². The zero-order chi connectivity index (χ0) is 26.5. The van der Waals surface area contributed by atoms with Crippen molar-refractivity contribution in [2.75, 3.05) is 6.61 Å². The predicted octanol–water partition coefficient (Wildman–Crippen LogP) is 3.01. The number of nitrogens with zero attached hydrogens (tertiary/aromatic N) is 3. The van der Waals surface area contributed by atoms with Crippen molar-refractivity contribution in [1.82, 2.24) is 25.4 Å². The Labute approximate surface area is 216 Å². The predicted molar refractivity (Wildman–Crippen MR) is 138 cm³/mol. The van der Waals surface area contributed by atoms with Crippen LogP contribution in [0.2, 0.25) is 0 Å². The number of aromatic nitrogens is 3. The first-order valence-corrected chi connectivity index (χ1v) is 12.9. The third-order valence-electron chi connectivity index (χ3n) is 6.75. The van der Waals surface area contributed by atoms with Crippen LogP contribution in [0.3, 0.4) is 0 Å². The second kappa shape index (κ2) is 11.7. The molecule has 4 N–H and O–H groups in total. The average molecular weight is 510 g/mol. The van der Waals surface area contributed by atoms with E-state index in [-0.39, 0.29) is 36.2 Å². The molecule has 37 heavy (non-hydrogen) atoms. The maximum absolute atomic E-state index is 13.0. The number of carbonyl (C=O) groups is 2. The molecular weight excluding hydrogens is 474 g/mol. The lowest BCUT2D eigenvalue weighted by atomic mass is 10.1. The van der Waals surface area contributed by atoms with Crippen LogP contribution < -0.4 is 10.6 Å². The summed E-state index contributed by atoms with van der Waals surface area (Å²) in [6.07, 6.45) is 4.21. The van der Waals surface area contributed by atoms with E-state index >= 15 is 0 Å². The number of rotatable bonds is 12. The Morgan fingerprint density at radius 3 is 2.54 bits per heavy atom. The standard InChI is InChI=1S/C27H35N5O5/c1-4-20(5-2)30-26(36)24-13-28-27(37-24)19-8-6-7-18(11-19)22-12-23(32(31-22)14-21(34)15-33)25(35)29-16(3)17-9-10-17/h6-8,11-13,16-17,20-21,33-34H,4-5,9-10,14-15H2,1-3H3,(H,29,35)(H,30,36)/t16-,21?/m0/s1. The summed E-state index contributed by atoms with van der Waals surface area (Å²) < 4.78 is 7.16. The Morgan fingerprint density at radius 2 is 1.86 bits per heavy atom. The highest BCUT2D eigenvalue weighted by Gasteiger charge is 2.30. The maximum Gasteiger partial charge on any atom is 0.288 e. The molecule has 2 atom stereocenters. The molecule has 1 aromatic carbocycles. The normalized spacial score (nSPS) is 15.0. The Kier molecular flexibility index (Phi) is 8.40. The highest BCUT2D eigenvalue weighted by molar-refractivity contribution is 5.94. The first-order chi connectivity index (χ1) is 17.8. The van der Waals surface area contributed by atoms with Crippen LogP contribution in [0, 0.1) is 5.92 Å². The molecule has 1 unspecified atom stereocenters. The number of nitrogens with one attached hydrogen (secondary N) is 2. The molecule has 198 valence electrons. The summed E-state index contributed by atoms with van der Waals surface area (Å²) in [4.78, 5) is 29.8. The molecule has 0 bridgehead atoms. The number of hydrogen-bond acceptors (Lipinski definition) is 7. The monoisotopic (exact) mass is 509 g/mol. The summed E-state index contributed by atoms with van der Waals surface area (Å²) in [5.41, 5.74) is 2.18. The van der Waals surface area contributed by atoms with Crippen LogP contribution in [0.25, 0.3) is 22.7 Å². The topological polar surface area (TPSA) is 143 Å². The molecule has 10 nitrogen and oxygen atoms in total. The largest absolute Gasteiger partial charge is 0.431 e. The molecular formula is C27H35N5O5. The molecule has 1 aliphatic rings. The quantitative estimate of drug-likeness (QED) is 0.294. The van der Waals surface area contributed by atoms with Gasteiger partial charge in [0.25, 0.3) is 11.8 Å². The van der Waals surface area contributed by atoms with E-state index in [1.807, 2.05) is 45.0 Å². The van der Waals surface area contributed by atoms with Crippen LogP contribution in [0.1, 0.15) is 67.5 Å². The fourth-order valence-electron chi connectivity index (χ4n) is 4.21. The molecule has 1 saturated carbocycles. The van der Waals surface area contributed by atoms with E-state index in [0.717, 1.165) is 25.7 Å². The number of carbonyl (C=O) groups excluding carboxylic acids is 2. The first-order valence-electron chi connectivity index (χ1n) is 12.9. The van der Waals surface area contributed by atoms with Gasteiger partial charge in [0.05, 0.1) is 31.1 Å². The van der Waals surface area contributed by atoms with Crippen molar-refractivity contribution in [3.8, 4) is 22.7 Å². The van der Waals surface area contributed by atoms with Gasteiger partial charge in [0.2, 0.25) is 11.7 Å². The van der Waals surface area contributed by atoms with Crippen LogP contribution in [0.15, 0.2) is 40.9 Å². The van der Waals surface area contributed by atoms with E-state index in [2.05, 4.69) is 20.7 Å². The fraction of sp³-hybridized carbons (Fsp3) is 0.481. The van der Waals surface area contributed by atoms with Gasteiger partial charge in [-0.1, -0.05) is 26.0 Å². The van der Waals surface area contributed by atoms with E-state index in [0.29, 0.717) is 34.3 Å². The second-order valence-corrected chi connectivity index (χ2v) is 9.63. The van der Waals surface area contributed by atoms with Crippen LogP contribution in [0.5, 0.6) is 0 Å². The molecule has 2 amide bonds. The van der Waals surface area contributed by atoms with Gasteiger partial charge in [-0.25, -0.2) is 4.98 Å². The van der Waals surface area contributed by atoms with E-state index in [9.17, 15) is 19.8 Å². The Morgan fingerprint density at radius 1 is 1.14 bits per heavy atom. The molecule has 3 aromatic rings. The van der Waals surface area contributed by atoms with Gasteiger partial charge >= 0.3 is 0 Å². The van der Waals surface area contributed by atoms with Gasteiger partial charge in [-0.15, -0.1) is 0 Å². The third kappa shape index (κ3) is 6.44. The second-order valence-electron chi connectivity index (χ2n) is 9.63. The SMILES string of the molecule is CCC(CC)NC(=O)c1cnc(-c2cccc(-c3cc(C(=O)N[C@@H](C)C4CC4)n(CC(O)CO)n3)c2)o1. The Balaban J connectivity index is 1.58. The zero-order valence-corrected chi connectivity index (χ0v) is 21.5. The summed E-state index contributed by atoms with van der Waals surface area (Å²) in [6.45, 7) is 5.55. The first kappa shape index (κ1) is 26.6. The highest BCUT2D eigenvalue weighted by Crippen LogP contribution is 2.32. The van der Waals surface area contributed by atoms with Gasteiger partial charge in [0.15, 0.2) is 0 Å². The molecule has 0 spiro atoms. The van der Waals surface area contributed by atoms with Gasteiger partial charge < -0.3 is 25.3 Å². The van der Waals surface area contributed by atoms with Crippen molar-refractivity contribution in [2.45, 2.75) is 71.2 Å². The van der Waals surface area contributed by atoms with E-state index in [1.54, 1.807) is 6.07 Å². The molecule has 4 rings (SSSR count). The molecule has 0 radical (unpaired) electrons. The molecule has 0 saturated heterocycles. The summed E-state index contributed by atoms with van der Waals surface area (Å²) in [6, 6.07) is 9.08. The lowest BCUT2D eigenvalue weighted by Gasteiger charge is -2.14. The number of benzene rings is 1. The van der Waals surface area contributed by atoms with Gasteiger partial charge in [0, 0.05) is 23.2 Å². The number of hydrogen-bond donors (Lipinski definition) is 4. The number of aliphatic hydroxyl groups is 2. The van der Waals surface area contributed by atoms with Gasteiger partial charge in [0.1, 0.15) is 5.69 Å². The van der Waals surface area contributed by atoms with Crippen LogP contribution in [-0.2, 0) is 6.54 Å². The molecule has 1 fully saturated rings. The van der Waals surface area contributed by atoms with Gasteiger partial charge in [-0.3, -0.25) is 14.3 Å². The molecule has 2 heterocycles. The smallest absolute Gasteiger partial charge is 0.288 e. The van der Waals surface area contributed by atoms with Crippen molar-refractivity contribution in [3.63, 3.8) is 0 Å². The van der Waals surface area contributed by atoms with Crippen molar-refractivity contribution in [1.29, 1.82) is 0 Å². The average Bonchev–Trinajstić information content (AvgIpc) is 3.49. The minimum Gasteiger partial charge on any atom is -0.431 e. The zero-order valence-electron chi connectivity index (χ0n) is 21.5.